The van der Waals surface area contributed by atoms with Crippen LogP contribution in [0.2, 0.25) is 0 Å². The van der Waals surface area contributed by atoms with E-state index in [0.717, 1.165) is 16.8 Å². The molecule has 0 spiro atoms. The van der Waals surface area contributed by atoms with E-state index in [1.165, 1.54) is 6.33 Å². The van der Waals surface area contributed by atoms with E-state index in [9.17, 15) is 9.90 Å². The molecule has 2 aromatic carbocycles. The predicted molar refractivity (Wildman–Crippen MR) is 92.4 cm³/mol. The number of aromatic nitrogens is 3. The van der Waals surface area contributed by atoms with Crippen molar-refractivity contribution in [2.75, 3.05) is 5.32 Å². The number of rotatable bonds is 3. The van der Waals surface area contributed by atoms with E-state index in [-0.39, 0.29) is 6.03 Å². The number of urea groups is 1. The second-order valence-corrected chi connectivity index (χ2v) is 5.93. The molecule has 0 radical (unpaired) electrons. The molecule has 3 aromatic rings. The smallest absolute Gasteiger partial charge is 0.319 e. The molecule has 1 aliphatic rings. The first kappa shape index (κ1) is 15.3. The minimum atomic E-state index is -0.613. The Morgan fingerprint density at radius 1 is 1.16 bits per heavy atom. The summed E-state index contributed by atoms with van der Waals surface area (Å²) in [5.74, 6) is 0. The highest BCUT2D eigenvalue weighted by Gasteiger charge is 2.31. The molecule has 3 N–H and O–H groups in total. The maximum Gasteiger partial charge on any atom is 0.319 e. The Balaban J connectivity index is 1.42. The van der Waals surface area contributed by atoms with Crippen molar-refractivity contribution in [3.05, 3.63) is 72.3 Å². The van der Waals surface area contributed by atoms with Gasteiger partial charge in [-0.15, -0.1) is 0 Å². The van der Waals surface area contributed by atoms with Crippen LogP contribution < -0.4 is 10.6 Å². The molecular weight excluding hydrogens is 318 g/mol. The third-order valence-electron chi connectivity index (χ3n) is 4.30. The highest BCUT2D eigenvalue weighted by molar-refractivity contribution is 5.89. The van der Waals surface area contributed by atoms with Crippen LogP contribution in [0.15, 0.2) is 61.2 Å². The summed E-state index contributed by atoms with van der Waals surface area (Å²) in [6, 6.07) is 14.3. The lowest BCUT2D eigenvalue weighted by atomic mass is 10.1. The number of hydrogen-bond acceptors (Lipinski definition) is 4. The summed E-state index contributed by atoms with van der Waals surface area (Å²) in [4.78, 5) is 16.2. The van der Waals surface area contributed by atoms with Crippen molar-refractivity contribution in [3.63, 3.8) is 0 Å². The Bertz CT molecular complexity index is 877. The minimum absolute atomic E-state index is 0.353. The third kappa shape index (κ3) is 3.09. The summed E-state index contributed by atoms with van der Waals surface area (Å²) in [7, 11) is 0. The van der Waals surface area contributed by atoms with Gasteiger partial charge in [-0.3, -0.25) is 0 Å². The third-order valence-corrected chi connectivity index (χ3v) is 4.30. The fourth-order valence-corrected chi connectivity index (χ4v) is 3.10. The van der Waals surface area contributed by atoms with Crippen LogP contribution in [0.25, 0.3) is 5.69 Å². The molecule has 1 heterocycles. The maximum atomic E-state index is 12.3. The zero-order valence-electron chi connectivity index (χ0n) is 13.3. The van der Waals surface area contributed by atoms with Gasteiger partial charge >= 0.3 is 6.03 Å². The zero-order valence-corrected chi connectivity index (χ0v) is 13.3. The van der Waals surface area contributed by atoms with E-state index >= 15 is 0 Å². The zero-order chi connectivity index (χ0) is 17.2. The summed E-state index contributed by atoms with van der Waals surface area (Å²) in [6.07, 6.45) is 3.00. The van der Waals surface area contributed by atoms with Crippen molar-refractivity contribution in [1.29, 1.82) is 0 Å². The number of amides is 2. The molecule has 0 bridgehead atoms. The number of carbonyl (C=O) groups is 1. The molecule has 0 unspecified atom stereocenters. The molecule has 2 atom stereocenters. The molecular formula is C18H17N5O2. The molecule has 126 valence electrons. The number of anilines is 1. The first-order chi connectivity index (χ1) is 12.2. The van der Waals surface area contributed by atoms with Gasteiger partial charge in [0.15, 0.2) is 0 Å². The van der Waals surface area contributed by atoms with Crippen molar-refractivity contribution in [3.8, 4) is 5.69 Å². The van der Waals surface area contributed by atoms with Gasteiger partial charge in [0.1, 0.15) is 12.7 Å². The van der Waals surface area contributed by atoms with Crippen LogP contribution in [0.3, 0.4) is 0 Å². The highest BCUT2D eigenvalue weighted by atomic mass is 16.3. The van der Waals surface area contributed by atoms with Crippen LogP contribution in [0.4, 0.5) is 10.5 Å². The number of nitrogens with zero attached hydrogens (tertiary/aromatic N) is 3. The molecule has 4 rings (SSSR count). The minimum Gasteiger partial charge on any atom is -0.390 e. The lowest BCUT2D eigenvalue weighted by Crippen LogP contribution is -2.36. The van der Waals surface area contributed by atoms with Gasteiger partial charge in [0, 0.05) is 12.1 Å². The Morgan fingerprint density at radius 3 is 2.72 bits per heavy atom. The van der Waals surface area contributed by atoms with Crippen molar-refractivity contribution in [2.24, 2.45) is 0 Å². The lowest BCUT2D eigenvalue weighted by Gasteiger charge is -2.18. The van der Waals surface area contributed by atoms with Gasteiger partial charge in [0.05, 0.1) is 17.8 Å². The van der Waals surface area contributed by atoms with E-state index in [1.807, 2.05) is 36.4 Å². The van der Waals surface area contributed by atoms with Crippen LogP contribution in [-0.4, -0.2) is 32.0 Å². The monoisotopic (exact) mass is 335 g/mol. The number of aliphatic hydroxyl groups is 1. The molecule has 7 heteroatoms. The maximum absolute atomic E-state index is 12.3. The predicted octanol–water partition coefficient (Wildman–Crippen LogP) is 2.05. The second-order valence-electron chi connectivity index (χ2n) is 5.93. The summed E-state index contributed by atoms with van der Waals surface area (Å²) in [6.45, 7) is 0. The van der Waals surface area contributed by atoms with Crippen LogP contribution >= 0.6 is 0 Å². The number of aliphatic hydroxyl groups excluding tert-OH is 1. The standard InChI is InChI=1S/C18H17N5O2/c24-16-9-12-3-1-2-4-15(12)17(16)22-18(25)21-13-5-7-14(8-6-13)23-11-19-10-20-23/h1-8,10-11,16-17,24H,9H2,(H2,21,22,25)/t16-,17+/m1/s1. The van der Waals surface area contributed by atoms with Gasteiger partial charge in [-0.25, -0.2) is 14.5 Å². The normalized spacial score (nSPS) is 18.6. The van der Waals surface area contributed by atoms with Crippen molar-refractivity contribution < 1.29 is 9.90 Å². The van der Waals surface area contributed by atoms with Crippen LogP contribution in [-0.2, 0) is 6.42 Å². The number of benzene rings is 2. The van der Waals surface area contributed by atoms with Crippen molar-refractivity contribution in [2.45, 2.75) is 18.6 Å². The lowest BCUT2D eigenvalue weighted by molar-refractivity contribution is 0.144. The molecule has 1 aromatic heterocycles. The van der Waals surface area contributed by atoms with Crippen LogP contribution in [0, 0.1) is 0 Å². The molecule has 1 aliphatic carbocycles. The first-order valence-corrected chi connectivity index (χ1v) is 7.99. The largest absolute Gasteiger partial charge is 0.390 e. The first-order valence-electron chi connectivity index (χ1n) is 7.99. The number of carbonyl (C=O) groups excluding carboxylic acids is 1. The van der Waals surface area contributed by atoms with E-state index in [0.29, 0.717) is 12.1 Å². The Morgan fingerprint density at radius 2 is 1.96 bits per heavy atom. The molecule has 0 saturated carbocycles. The fourth-order valence-electron chi connectivity index (χ4n) is 3.10. The van der Waals surface area contributed by atoms with E-state index in [2.05, 4.69) is 20.7 Å². The summed E-state index contributed by atoms with van der Waals surface area (Å²) in [5, 5.41) is 19.9. The number of hydrogen-bond donors (Lipinski definition) is 3. The van der Waals surface area contributed by atoms with Gasteiger partial charge in [0.2, 0.25) is 0 Å². The van der Waals surface area contributed by atoms with Gasteiger partial charge in [0.25, 0.3) is 0 Å². The van der Waals surface area contributed by atoms with Crippen LogP contribution in [0.5, 0.6) is 0 Å². The van der Waals surface area contributed by atoms with Gasteiger partial charge in [-0.2, -0.15) is 5.10 Å². The quantitative estimate of drug-likeness (QED) is 0.683. The van der Waals surface area contributed by atoms with Crippen molar-refractivity contribution in [1.82, 2.24) is 20.1 Å². The molecule has 2 amide bonds. The summed E-state index contributed by atoms with van der Waals surface area (Å²) in [5.41, 5.74) is 3.54. The number of nitrogens with one attached hydrogen (secondary N) is 2. The fraction of sp³-hybridized carbons (Fsp3) is 0.167. The Kier molecular flexibility index (Phi) is 3.91. The second kappa shape index (κ2) is 6.37. The van der Waals surface area contributed by atoms with E-state index < -0.39 is 12.1 Å². The Hall–Kier alpha value is -3.19. The molecule has 7 nitrogen and oxygen atoms in total. The summed E-state index contributed by atoms with van der Waals surface area (Å²) < 4.78 is 1.63. The Labute approximate surface area is 144 Å². The van der Waals surface area contributed by atoms with Gasteiger partial charge < -0.3 is 15.7 Å². The van der Waals surface area contributed by atoms with Gasteiger partial charge in [-0.1, -0.05) is 24.3 Å². The van der Waals surface area contributed by atoms with E-state index in [4.69, 9.17) is 0 Å². The molecule has 0 aliphatic heterocycles. The molecule has 0 fully saturated rings. The van der Waals surface area contributed by atoms with Gasteiger partial charge in [-0.05, 0) is 35.4 Å². The summed E-state index contributed by atoms with van der Waals surface area (Å²) >= 11 is 0. The topological polar surface area (TPSA) is 92.1 Å². The highest BCUT2D eigenvalue weighted by Crippen LogP contribution is 2.31. The number of fused-ring (bicyclic) bond motifs is 1. The average Bonchev–Trinajstić information content (AvgIpc) is 3.25. The molecule has 25 heavy (non-hydrogen) atoms. The molecule has 0 saturated heterocycles. The van der Waals surface area contributed by atoms with Crippen molar-refractivity contribution >= 4 is 11.7 Å². The van der Waals surface area contributed by atoms with E-state index in [1.54, 1.807) is 23.1 Å². The average molecular weight is 335 g/mol. The SMILES string of the molecule is O=C(Nc1ccc(-n2cncn2)cc1)N[C@H]1c2ccccc2C[C@H]1O. The van der Waals surface area contributed by atoms with Crippen LogP contribution in [0.1, 0.15) is 17.2 Å².